The van der Waals surface area contributed by atoms with Gasteiger partial charge in [-0.25, -0.2) is 4.79 Å². The number of nitrogens with one attached hydrogen (secondary N) is 1. The lowest BCUT2D eigenvalue weighted by Gasteiger charge is -2.10. The Morgan fingerprint density at radius 2 is 1.76 bits per heavy atom. The highest BCUT2D eigenvalue weighted by Crippen LogP contribution is 2.17. The summed E-state index contributed by atoms with van der Waals surface area (Å²) >= 11 is 0. The van der Waals surface area contributed by atoms with E-state index in [1.54, 1.807) is 37.4 Å². The fraction of sp³-hybridized carbons (Fsp3) is 0.125. The lowest BCUT2D eigenvalue weighted by molar-refractivity contribution is 0.408. The van der Waals surface area contributed by atoms with Gasteiger partial charge < -0.3 is 9.72 Å². The van der Waals surface area contributed by atoms with Gasteiger partial charge in [-0.05, 0) is 18.2 Å². The number of nitrogens with zero attached hydrogens (tertiary/aromatic N) is 1. The Kier molecular flexibility index (Phi) is 3.31. The molecule has 0 bridgehead atoms. The van der Waals surface area contributed by atoms with Gasteiger partial charge in [0.25, 0.3) is 5.56 Å². The smallest absolute Gasteiger partial charge is 0.329 e. The van der Waals surface area contributed by atoms with Crippen LogP contribution in [0.1, 0.15) is 5.56 Å². The van der Waals surface area contributed by atoms with Crippen molar-refractivity contribution < 1.29 is 4.74 Å². The number of hydrogen-bond acceptors (Lipinski definition) is 3. The number of H-pyrrole nitrogens is 1. The van der Waals surface area contributed by atoms with Gasteiger partial charge in [0.15, 0.2) is 0 Å². The Morgan fingerprint density at radius 1 is 1.05 bits per heavy atom. The highest BCUT2D eigenvalue weighted by molar-refractivity contribution is 5.76. The molecule has 0 atom stereocenters. The minimum atomic E-state index is -0.426. The molecule has 5 heteroatoms. The number of fused-ring (bicyclic) bond motifs is 1. The molecule has 0 aliphatic carbocycles. The first-order valence-electron chi connectivity index (χ1n) is 6.54. The number of ether oxygens (including phenoxy) is 1. The van der Waals surface area contributed by atoms with E-state index in [1.165, 1.54) is 4.57 Å². The van der Waals surface area contributed by atoms with Crippen molar-refractivity contribution in [3.8, 4) is 5.75 Å². The fourth-order valence-corrected chi connectivity index (χ4v) is 2.35. The van der Waals surface area contributed by atoms with Crippen molar-refractivity contribution in [3.05, 3.63) is 74.9 Å². The molecule has 0 saturated heterocycles. The highest BCUT2D eigenvalue weighted by Gasteiger charge is 2.10. The molecule has 0 amide bonds. The van der Waals surface area contributed by atoms with Gasteiger partial charge in [-0.3, -0.25) is 9.36 Å². The van der Waals surface area contributed by atoms with Gasteiger partial charge in [-0.1, -0.05) is 30.3 Å². The summed E-state index contributed by atoms with van der Waals surface area (Å²) in [7, 11) is 1.56. The molecular weight excluding hydrogens is 268 g/mol. The summed E-state index contributed by atoms with van der Waals surface area (Å²) in [5.74, 6) is 0.650. The van der Waals surface area contributed by atoms with E-state index in [2.05, 4.69) is 4.98 Å². The van der Waals surface area contributed by atoms with Crippen LogP contribution in [0.3, 0.4) is 0 Å². The summed E-state index contributed by atoms with van der Waals surface area (Å²) < 4.78 is 6.44. The lowest BCUT2D eigenvalue weighted by atomic mass is 10.2. The summed E-state index contributed by atoms with van der Waals surface area (Å²) in [5, 5.41) is 0.493. The van der Waals surface area contributed by atoms with Crippen LogP contribution in [0.5, 0.6) is 5.75 Å². The maximum Gasteiger partial charge on any atom is 0.329 e. The van der Waals surface area contributed by atoms with E-state index in [-0.39, 0.29) is 12.1 Å². The molecule has 0 aliphatic rings. The molecule has 0 fully saturated rings. The number of benzene rings is 2. The molecule has 0 radical (unpaired) electrons. The minimum absolute atomic E-state index is 0.170. The molecule has 3 aromatic rings. The van der Waals surface area contributed by atoms with E-state index in [1.807, 2.05) is 18.2 Å². The summed E-state index contributed by atoms with van der Waals surface area (Å²) in [6.45, 7) is 0.170. The van der Waals surface area contributed by atoms with E-state index in [0.29, 0.717) is 16.7 Å². The van der Waals surface area contributed by atoms with Crippen LogP contribution < -0.4 is 16.0 Å². The van der Waals surface area contributed by atoms with Crippen molar-refractivity contribution >= 4 is 10.9 Å². The normalized spacial score (nSPS) is 10.7. The summed E-state index contributed by atoms with van der Waals surface area (Å²) in [6, 6.07) is 14.3. The molecule has 21 heavy (non-hydrogen) atoms. The third-order valence-corrected chi connectivity index (χ3v) is 3.41. The Hall–Kier alpha value is -2.82. The zero-order valence-electron chi connectivity index (χ0n) is 11.5. The standard InChI is InChI=1S/C16H14N2O3/c1-21-14-9-5-2-6-11(14)10-18-15(19)12-7-3-4-8-13(12)17-16(18)20/h2-9H,10H2,1H3,(H,17,20). The number of methoxy groups -OCH3 is 1. The Balaban J connectivity index is 2.17. The fourth-order valence-electron chi connectivity index (χ4n) is 2.35. The molecule has 0 aliphatic heterocycles. The predicted molar refractivity (Wildman–Crippen MR) is 80.9 cm³/mol. The van der Waals surface area contributed by atoms with Crippen LogP contribution in [0.15, 0.2) is 58.1 Å². The molecule has 2 aromatic carbocycles. The van der Waals surface area contributed by atoms with Crippen LogP contribution in [0.4, 0.5) is 0 Å². The molecule has 1 N–H and O–H groups in total. The second-order valence-corrected chi connectivity index (χ2v) is 4.68. The molecule has 0 saturated carbocycles. The van der Waals surface area contributed by atoms with Gasteiger partial charge in [0.2, 0.25) is 0 Å². The monoisotopic (exact) mass is 282 g/mol. The van der Waals surface area contributed by atoms with E-state index < -0.39 is 5.69 Å². The number of aromatic amines is 1. The van der Waals surface area contributed by atoms with E-state index >= 15 is 0 Å². The van der Waals surface area contributed by atoms with E-state index in [9.17, 15) is 9.59 Å². The van der Waals surface area contributed by atoms with Crippen LogP contribution in [0.2, 0.25) is 0 Å². The van der Waals surface area contributed by atoms with Crippen molar-refractivity contribution in [1.82, 2.24) is 9.55 Å². The van der Waals surface area contributed by atoms with Crippen molar-refractivity contribution in [2.75, 3.05) is 7.11 Å². The molecule has 5 nitrogen and oxygen atoms in total. The van der Waals surface area contributed by atoms with Gasteiger partial charge in [0.05, 0.1) is 24.6 Å². The van der Waals surface area contributed by atoms with Crippen LogP contribution >= 0.6 is 0 Å². The van der Waals surface area contributed by atoms with Crippen molar-refractivity contribution in [1.29, 1.82) is 0 Å². The largest absolute Gasteiger partial charge is 0.496 e. The lowest BCUT2D eigenvalue weighted by Crippen LogP contribution is -2.35. The van der Waals surface area contributed by atoms with Crippen LogP contribution in [-0.2, 0) is 6.54 Å². The van der Waals surface area contributed by atoms with Gasteiger partial charge in [0, 0.05) is 5.56 Å². The first-order valence-corrected chi connectivity index (χ1v) is 6.54. The second kappa shape index (κ2) is 5.28. The SMILES string of the molecule is COc1ccccc1Cn1c(=O)[nH]c2ccccc2c1=O. The van der Waals surface area contributed by atoms with Gasteiger partial charge in [0.1, 0.15) is 5.75 Å². The second-order valence-electron chi connectivity index (χ2n) is 4.68. The zero-order valence-corrected chi connectivity index (χ0v) is 11.5. The predicted octanol–water partition coefficient (Wildman–Crippen LogP) is 1.75. The van der Waals surface area contributed by atoms with Gasteiger partial charge >= 0.3 is 5.69 Å². The first-order chi connectivity index (χ1) is 10.2. The van der Waals surface area contributed by atoms with Crippen molar-refractivity contribution in [2.24, 2.45) is 0 Å². The van der Waals surface area contributed by atoms with Crippen LogP contribution in [0, 0.1) is 0 Å². The topological polar surface area (TPSA) is 64.1 Å². The van der Waals surface area contributed by atoms with E-state index in [0.717, 1.165) is 5.56 Å². The molecule has 0 unspecified atom stereocenters. The third kappa shape index (κ3) is 2.33. The van der Waals surface area contributed by atoms with E-state index in [4.69, 9.17) is 4.74 Å². The summed E-state index contributed by atoms with van der Waals surface area (Å²) in [5.41, 5.74) is 0.594. The quantitative estimate of drug-likeness (QED) is 0.796. The maximum absolute atomic E-state index is 12.5. The van der Waals surface area contributed by atoms with Gasteiger partial charge in [-0.2, -0.15) is 0 Å². The number of hydrogen-bond donors (Lipinski definition) is 1. The number of aromatic nitrogens is 2. The molecule has 0 spiro atoms. The third-order valence-electron chi connectivity index (χ3n) is 3.41. The first kappa shape index (κ1) is 13.2. The van der Waals surface area contributed by atoms with Crippen LogP contribution in [0.25, 0.3) is 10.9 Å². The molecular formula is C16H14N2O3. The van der Waals surface area contributed by atoms with Crippen LogP contribution in [-0.4, -0.2) is 16.7 Å². The molecule has 106 valence electrons. The Morgan fingerprint density at radius 3 is 2.57 bits per heavy atom. The van der Waals surface area contributed by atoms with Crippen molar-refractivity contribution in [2.45, 2.75) is 6.54 Å². The average molecular weight is 282 g/mol. The average Bonchev–Trinajstić information content (AvgIpc) is 2.52. The Bertz CT molecular complexity index is 909. The summed E-state index contributed by atoms with van der Waals surface area (Å²) in [4.78, 5) is 27.3. The summed E-state index contributed by atoms with van der Waals surface area (Å²) in [6.07, 6.45) is 0. The minimum Gasteiger partial charge on any atom is -0.496 e. The Labute approximate surface area is 120 Å². The highest BCUT2D eigenvalue weighted by atomic mass is 16.5. The van der Waals surface area contributed by atoms with Crippen molar-refractivity contribution in [3.63, 3.8) is 0 Å². The molecule has 3 rings (SSSR count). The zero-order chi connectivity index (χ0) is 14.8. The number of para-hydroxylation sites is 2. The molecule has 1 aromatic heterocycles. The number of rotatable bonds is 3. The molecule has 1 heterocycles. The maximum atomic E-state index is 12.5. The van der Waals surface area contributed by atoms with Gasteiger partial charge in [-0.15, -0.1) is 0 Å².